The molecule has 0 aromatic carbocycles. The Morgan fingerprint density at radius 2 is 1.36 bits per heavy atom. The van der Waals surface area contributed by atoms with Gasteiger partial charge in [0.05, 0.1) is 6.61 Å². The van der Waals surface area contributed by atoms with Gasteiger partial charge in [-0.2, -0.15) is 0 Å². The van der Waals surface area contributed by atoms with Gasteiger partial charge in [0.15, 0.2) is 0 Å². The molecule has 0 rings (SSSR count). The Morgan fingerprint density at radius 3 is 1.64 bits per heavy atom. The molecule has 0 bridgehead atoms. The quantitative estimate of drug-likeness (QED) is 0.223. The standard InChI is InChI=1S/C7H11O2.3C4H9.Sn.H/c1-4-5-9-7(8)6(2)3;3*1-3-4-2;;/h1-2,4-5H2,3H3;3*1,3-4H2,2H3;;. The third-order valence-electron chi connectivity index (χ3n) is 3.62. The van der Waals surface area contributed by atoms with E-state index >= 15 is 0 Å². The molecule has 0 heterocycles. The summed E-state index contributed by atoms with van der Waals surface area (Å²) in [6.45, 7) is 15.9. The van der Waals surface area contributed by atoms with Gasteiger partial charge in [-0.1, -0.05) is 6.58 Å². The van der Waals surface area contributed by atoms with E-state index in [1.165, 1.54) is 38.5 Å². The van der Waals surface area contributed by atoms with Gasteiger partial charge < -0.3 is 4.74 Å². The summed E-state index contributed by atoms with van der Waals surface area (Å²) in [6.07, 6.45) is 9.48. The zero-order valence-corrected chi connectivity index (χ0v) is 18.9. The Morgan fingerprint density at radius 1 is 0.955 bits per heavy atom. The maximum absolute atomic E-state index is 10.6. The number of carbonyl (C=O) groups is 1. The van der Waals surface area contributed by atoms with Crippen LogP contribution in [0.25, 0.3) is 0 Å². The molecule has 0 aliphatic rings. The van der Waals surface area contributed by atoms with Gasteiger partial charge in [-0.05, 0) is 20.3 Å². The molecule has 3 heteroatoms. The van der Waals surface area contributed by atoms with E-state index in [2.05, 4.69) is 39.0 Å². The van der Waals surface area contributed by atoms with Gasteiger partial charge in [0, 0.05) is 5.57 Å². The molecule has 2 nitrogen and oxygen atoms in total. The predicted octanol–water partition coefficient (Wildman–Crippen LogP) is 5.94. The zero-order valence-electron chi connectivity index (χ0n) is 15.6. The monoisotopic (exact) mass is 419 g/mol. The van der Waals surface area contributed by atoms with Crippen LogP contribution in [0.3, 0.4) is 0 Å². The molecule has 0 N–H and O–H groups in total. The second-order valence-electron chi connectivity index (χ2n) is 6.06. The second kappa shape index (κ2) is 19.1. The van der Waals surface area contributed by atoms with Crippen molar-refractivity contribution < 1.29 is 9.53 Å². The fourth-order valence-electron chi connectivity index (χ4n) is 2.20. The van der Waals surface area contributed by atoms with Gasteiger partial charge in [0.1, 0.15) is 0 Å². The van der Waals surface area contributed by atoms with Crippen LogP contribution in [0.1, 0.15) is 72.6 Å². The van der Waals surface area contributed by atoms with E-state index in [1.54, 1.807) is 20.2 Å². The largest absolute Gasteiger partial charge is 0.462 e. The van der Waals surface area contributed by atoms with Crippen LogP contribution in [0.15, 0.2) is 12.2 Å². The van der Waals surface area contributed by atoms with Crippen LogP contribution >= 0.6 is 0 Å². The molecule has 0 fully saturated rings. The first-order valence-corrected chi connectivity index (χ1v) is 16.1. The van der Waals surface area contributed by atoms with Gasteiger partial charge in [-0.3, -0.25) is 0 Å². The van der Waals surface area contributed by atoms with E-state index in [0.29, 0.717) is 18.6 Å². The molecule has 0 amide bonds. The van der Waals surface area contributed by atoms with E-state index in [9.17, 15) is 4.79 Å². The van der Waals surface area contributed by atoms with E-state index in [1.807, 2.05) is 0 Å². The molecule has 1 radical (unpaired) electrons. The van der Waals surface area contributed by atoms with Crippen molar-refractivity contribution in [3.63, 3.8) is 0 Å². The summed E-state index contributed by atoms with van der Waals surface area (Å²) in [5, 5.41) is 0. The van der Waals surface area contributed by atoms with Crippen molar-refractivity contribution in [2.45, 2.75) is 86.0 Å². The molecule has 0 aromatic heterocycles. The van der Waals surface area contributed by atoms with Crippen LogP contribution in [-0.4, -0.2) is 32.3 Å². The van der Waals surface area contributed by atoms with Gasteiger partial charge >= 0.3 is 98.3 Å². The van der Waals surface area contributed by atoms with E-state index < -0.39 is 19.8 Å². The Hall–Kier alpha value is 0.00870. The first-order valence-electron chi connectivity index (χ1n) is 9.15. The van der Waals surface area contributed by atoms with Crippen molar-refractivity contribution in [2.24, 2.45) is 0 Å². The Labute approximate surface area is 146 Å². The Kier molecular flexibility index (Phi) is 21.0. The Balaban J connectivity index is 0. The molecule has 0 aliphatic heterocycles. The van der Waals surface area contributed by atoms with Crippen molar-refractivity contribution in [3.05, 3.63) is 19.1 Å². The van der Waals surface area contributed by atoms with Crippen LogP contribution in [-0.2, 0) is 9.53 Å². The SMILES string of the molecule is CCC[CH2][SnH]([CH2]CCC)[CH2]CCC.[CH2]CCOC(=O)C(=C)C. The molecule has 131 valence electrons. The molecule has 0 spiro atoms. The average molecular weight is 418 g/mol. The van der Waals surface area contributed by atoms with Crippen LogP contribution in [0.2, 0.25) is 13.3 Å². The van der Waals surface area contributed by atoms with E-state index in [-0.39, 0.29) is 5.97 Å². The first kappa shape index (κ1) is 24.3. The van der Waals surface area contributed by atoms with Gasteiger partial charge in [0.2, 0.25) is 0 Å². The third kappa shape index (κ3) is 18.1. The number of rotatable bonds is 12. The predicted molar refractivity (Wildman–Crippen MR) is 102 cm³/mol. The molecule has 22 heavy (non-hydrogen) atoms. The fraction of sp³-hybridized carbons (Fsp3) is 0.789. The number of hydrogen-bond donors (Lipinski definition) is 0. The minimum Gasteiger partial charge on any atom is -0.462 e. The normalized spacial score (nSPS) is 10.1. The summed E-state index contributed by atoms with van der Waals surface area (Å²) in [4.78, 5) is 10.6. The molecule has 0 unspecified atom stereocenters. The average Bonchev–Trinajstić information content (AvgIpc) is 2.52. The number of hydrogen-bond acceptors (Lipinski definition) is 2. The second-order valence-corrected chi connectivity index (χ2v) is 15.9. The molecular weight excluding hydrogens is 379 g/mol. The topological polar surface area (TPSA) is 26.3 Å². The smallest absolute Gasteiger partial charge is 0.333 e. The first-order chi connectivity index (χ1) is 10.5. The summed E-state index contributed by atoms with van der Waals surface area (Å²) in [5.41, 5.74) is 0.434. The van der Waals surface area contributed by atoms with Crippen molar-refractivity contribution in [2.75, 3.05) is 6.61 Å². The van der Waals surface area contributed by atoms with Gasteiger partial charge in [-0.25, -0.2) is 4.79 Å². The Bertz CT molecular complexity index is 245. The minimum absolute atomic E-state index is 0.335. The van der Waals surface area contributed by atoms with E-state index in [4.69, 9.17) is 0 Å². The van der Waals surface area contributed by atoms with Gasteiger partial charge in [-0.15, -0.1) is 0 Å². The summed E-state index contributed by atoms with van der Waals surface area (Å²) < 4.78 is 9.73. The van der Waals surface area contributed by atoms with E-state index in [0.717, 1.165) is 0 Å². The van der Waals surface area contributed by atoms with Crippen LogP contribution in [0.4, 0.5) is 0 Å². The number of carbonyl (C=O) groups excluding carboxylic acids is 1. The van der Waals surface area contributed by atoms with Crippen molar-refractivity contribution >= 4 is 25.7 Å². The molecule has 0 atom stereocenters. The maximum atomic E-state index is 10.6. The van der Waals surface area contributed by atoms with Crippen LogP contribution in [0, 0.1) is 6.92 Å². The molecule has 0 saturated carbocycles. The summed E-state index contributed by atoms with van der Waals surface area (Å²) in [5.74, 6) is -0.335. The summed E-state index contributed by atoms with van der Waals surface area (Å²) in [7, 11) is 0. The van der Waals surface area contributed by atoms with Crippen molar-refractivity contribution in [1.82, 2.24) is 0 Å². The molecule has 0 saturated heterocycles. The molecule has 0 aliphatic carbocycles. The molecular formula is C19H39O2Sn. The maximum Gasteiger partial charge on any atom is 0.333 e. The van der Waals surface area contributed by atoms with Crippen molar-refractivity contribution in [1.29, 1.82) is 0 Å². The van der Waals surface area contributed by atoms with Gasteiger partial charge in [0.25, 0.3) is 0 Å². The van der Waals surface area contributed by atoms with Crippen molar-refractivity contribution in [3.8, 4) is 0 Å². The number of esters is 1. The summed E-state index contributed by atoms with van der Waals surface area (Å²) in [6, 6.07) is 0. The number of ether oxygens (including phenoxy) is 1. The zero-order chi connectivity index (χ0) is 17.2. The van der Waals surface area contributed by atoms with Crippen LogP contribution < -0.4 is 0 Å². The summed E-state index contributed by atoms with van der Waals surface area (Å²) >= 11 is -0.967. The van der Waals surface area contributed by atoms with Crippen LogP contribution in [0.5, 0.6) is 0 Å². The minimum atomic E-state index is -0.967. The number of unbranched alkanes of at least 4 members (excludes halogenated alkanes) is 3. The fourth-order valence-corrected chi connectivity index (χ4v) is 13.1. The third-order valence-corrected chi connectivity index (χ3v) is 14.1. The molecule has 0 aromatic rings.